The van der Waals surface area contributed by atoms with Crippen LogP contribution in [0.25, 0.3) is 0 Å². The first-order valence-corrected chi connectivity index (χ1v) is 21.7. The van der Waals surface area contributed by atoms with Gasteiger partial charge in [-0.05, 0) is 54.7 Å². The summed E-state index contributed by atoms with van der Waals surface area (Å²) >= 11 is 4.04. The average Bonchev–Trinajstić information content (AvgIpc) is 3.17. The highest BCUT2D eigenvalue weighted by atomic mass is 32.2. The third-order valence-electron chi connectivity index (χ3n) is 8.69. The minimum absolute atomic E-state index is 0.146. The quantitative estimate of drug-likeness (QED) is 0.0346. The Labute approximate surface area is 353 Å². The van der Waals surface area contributed by atoms with Crippen LogP contribution >= 0.6 is 20.5 Å². The summed E-state index contributed by atoms with van der Waals surface area (Å²) < 4.78 is 49.1. The Morgan fingerprint density at radius 3 is 1.72 bits per heavy atom. The molecule has 5 atom stereocenters. The number of aromatic carboxylic acids is 1. The summed E-state index contributed by atoms with van der Waals surface area (Å²) in [5.41, 5.74) is -1.29. The van der Waals surface area contributed by atoms with Gasteiger partial charge in [-0.15, -0.1) is 0 Å². The number of aliphatic carboxylic acids is 2. The summed E-state index contributed by atoms with van der Waals surface area (Å²) in [6, 6.07) is 0.0688. The van der Waals surface area contributed by atoms with Gasteiger partial charge in [0.1, 0.15) is 29.9 Å². The third kappa shape index (κ3) is 17.9. The number of rotatable bonds is 25. The van der Waals surface area contributed by atoms with Crippen molar-refractivity contribution < 1.29 is 85.5 Å². The Morgan fingerprint density at radius 2 is 1.26 bits per heavy atom. The van der Waals surface area contributed by atoms with Crippen molar-refractivity contribution in [2.24, 2.45) is 5.92 Å². The molecule has 61 heavy (non-hydrogen) atoms. The van der Waals surface area contributed by atoms with Crippen LogP contribution in [0, 0.1) is 5.92 Å². The van der Waals surface area contributed by atoms with Gasteiger partial charge in [-0.2, -0.15) is 21.0 Å². The van der Waals surface area contributed by atoms with Gasteiger partial charge in [-0.1, -0.05) is 32.4 Å². The highest BCUT2D eigenvalue weighted by Crippen LogP contribution is 2.37. The number of carbonyl (C=O) groups excluding carboxylic acids is 5. The van der Waals surface area contributed by atoms with Crippen LogP contribution in [-0.4, -0.2) is 122 Å². The summed E-state index contributed by atoms with van der Waals surface area (Å²) in [5.74, 6) is -10.3. The fourth-order valence-corrected chi connectivity index (χ4v) is 6.44. The summed E-state index contributed by atoms with van der Waals surface area (Å²) in [6.07, 6.45) is -2.71. The number of hydrogen-bond donors (Lipinski definition) is 12. The number of thiol groups is 1. The molecule has 0 radical (unpaired) electrons. The van der Waals surface area contributed by atoms with E-state index in [9.17, 15) is 71.2 Å². The van der Waals surface area contributed by atoms with Crippen LogP contribution in [0.4, 0.5) is 0 Å². The molecule has 0 fully saturated rings. The van der Waals surface area contributed by atoms with Crippen LogP contribution < -0.4 is 31.1 Å². The van der Waals surface area contributed by atoms with Gasteiger partial charge >= 0.3 is 25.7 Å². The number of hydrogen-bond acceptors (Lipinski definition) is 13. The molecule has 0 saturated heterocycles. The van der Waals surface area contributed by atoms with E-state index in [1.807, 2.05) is 0 Å². The fourth-order valence-electron chi connectivity index (χ4n) is 5.38. The van der Waals surface area contributed by atoms with Crippen LogP contribution in [0.3, 0.4) is 0 Å². The van der Waals surface area contributed by atoms with E-state index in [0.29, 0.717) is 18.6 Å². The maximum atomic E-state index is 14.0. The zero-order valence-corrected chi connectivity index (χ0v) is 35.1. The molecule has 5 amide bonds. The molecule has 2 aromatic carbocycles. The highest BCUT2D eigenvalue weighted by molar-refractivity contribution is 7.85. The fraction of sp³-hybridized carbons (Fsp3) is 0.429. The monoisotopic (exact) mass is 919 g/mol. The SMILES string of the molecule is CC[C@H](C)[C@H](NC(=O)[C@H](CCC(=O)O)NC(=O)[C@H](CCC(=O)O)NC(=O)[C@H](Cc1ccc(OP(=O)(O)O)cc1)NC(=O)c1cc(C(=O)O)cc(S(=O)(=O)O)c1)C(=O)NCCS. The minimum atomic E-state index is -5.08. The molecule has 0 aliphatic rings. The zero-order chi connectivity index (χ0) is 46.2. The predicted molar refractivity (Wildman–Crippen MR) is 213 cm³/mol. The number of carboxylic acids is 3. The largest absolute Gasteiger partial charge is 0.524 e. The van der Waals surface area contributed by atoms with Gasteiger partial charge in [0.25, 0.3) is 16.0 Å². The van der Waals surface area contributed by atoms with Crippen LogP contribution in [0.5, 0.6) is 5.75 Å². The lowest BCUT2D eigenvalue weighted by Crippen LogP contribution is -2.59. The van der Waals surface area contributed by atoms with E-state index in [0.717, 1.165) is 18.2 Å². The molecular formula is C35H46N5O18PS2. The number of benzene rings is 2. The molecule has 0 saturated carbocycles. The highest BCUT2D eigenvalue weighted by Gasteiger charge is 2.34. The van der Waals surface area contributed by atoms with E-state index in [1.54, 1.807) is 13.8 Å². The molecule has 11 N–H and O–H groups in total. The maximum absolute atomic E-state index is 14.0. The van der Waals surface area contributed by atoms with Gasteiger partial charge < -0.3 is 46.4 Å². The van der Waals surface area contributed by atoms with Gasteiger partial charge in [0.15, 0.2) is 0 Å². The average molecular weight is 920 g/mol. The Bertz CT molecular complexity index is 2110. The lowest BCUT2D eigenvalue weighted by Gasteiger charge is -2.28. The first-order chi connectivity index (χ1) is 28.3. The van der Waals surface area contributed by atoms with Crippen molar-refractivity contribution >= 4 is 78.0 Å². The molecule has 336 valence electrons. The molecule has 0 unspecified atom stereocenters. The Morgan fingerprint density at radius 1 is 0.754 bits per heavy atom. The zero-order valence-electron chi connectivity index (χ0n) is 32.5. The molecular weight excluding hydrogens is 874 g/mol. The molecule has 0 aliphatic carbocycles. The molecule has 2 aromatic rings. The molecule has 0 bridgehead atoms. The molecule has 0 aliphatic heterocycles. The molecule has 0 spiro atoms. The summed E-state index contributed by atoms with van der Waals surface area (Å²) in [7, 11) is -10.1. The second kappa shape index (κ2) is 23.4. The number of phosphoric ester groups is 1. The minimum Gasteiger partial charge on any atom is -0.481 e. The Hall–Kier alpha value is -5.59. The number of phosphoric acid groups is 1. The van der Waals surface area contributed by atoms with Crippen molar-refractivity contribution in [3.8, 4) is 5.75 Å². The van der Waals surface area contributed by atoms with Gasteiger partial charge in [0, 0.05) is 37.1 Å². The lowest BCUT2D eigenvalue weighted by molar-refractivity contribution is -0.140. The molecule has 26 heteroatoms. The molecule has 2 rings (SSSR count). The van der Waals surface area contributed by atoms with Crippen molar-refractivity contribution in [2.45, 2.75) is 81.4 Å². The van der Waals surface area contributed by atoms with Crippen LogP contribution in [-0.2, 0) is 49.9 Å². The maximum Gasteiger partial charge on any atom is 0.524 e. The van der Waals surface area contributed by atoms with E-state index in [1.165, 1.54) is 12.1 Å². The lowest BCUT2D eigenvalue weighted by atomic mass is 9.97. The first-order valence-electron chi connectivity index (χ1n) is 18.1. The number of amides is 5. The first kappa shape index (κ1) is 51.6. The number of nitrogens with one attached hydrogen (secondary N) is 5. The topological polar surface area (TPSA) is 379 Å². The summed E-state index contributed by atoms with van der Waals surface area (Å²) in [6.45, 7) is 3.54. The van der Waals surface area contributed by atoms with Crippen molar-refractivity contribution in [3.63, 3.8) is 0 Å². The Kier molecular flexibility index (Phi) is 19.8. The van der Waals surface area contributed by atoms with Crippen LogP contribution in [0.15, 0.2) is 47.4 Å². The van der Waals surface area contributed by atoms with Crippen molar-refractivity contribution in [1.82, 2.24) is 26.6 Å². The van der Waals surface area contributed by atoms with Crippen LogP contribution in [0.2, 0.25) is 0 Å². The van der Waals surface area contributed by atoms with E-state index < -0.39 is 144 Å². The second-order valence-electron chi connectivity index (χ2n) is 13.4. The molecule has 0 aromatic heterocycles. The van der Waals surface area contributed by atoms with E-state index in [-0.39, 0.29) is 23.6 Å². The molecule has 23 nitrogen and oxygen atoms in total. The van der Waals surface area contributed by atoms with Crippen LogP contribution in [0.1, 0.15) is 72.2 Å². The van der Waals surface area contributed by atoms with E-state index in [2.05, 4.69) is 43.7 Å². The van der Waals surface area contributed by atoms with E-state index in [4.69, 9.17) is 9.79 Å². The molecule has 0 heterocycles. The van der Waals surface area contributed by atoms with Gasteiger partial charge in [-0.25, -0.2) is 9.36 Å². The number of carbonyl (C=O) groups is 8. The third-order valence-corrected chi connectivity index (χ3v) is 10.2. The summed E-state index contributed by atoms with van der Waals surface area (Å²) in [4.78, 5) is 120. The normalized spacial score (nSPS) is 13.9. The standard InChI is InChI=1S/C35H46N5O18PS2/c1-3-18(2)29(34(49)36-12-13-60)40-32(47)25(9-11-28(43)44)37-31(46)24(8-10-27(41)42)38-33(48)26(14-19-4-6-22(7-5-19)58-59(52,53)54)39-30(45)20-15-21(35(50)51)17-23(16-20)61(55,56)57/h4-7,15-18,24-26,29,60H,3,8-14H2,1-2H3,(H,36,49)(H,37,46)(H,38,48)(H,39,45)(H,40,47)(H,41,42)(H,43,44)(H,50,51)(H2,52,53,54)(H,55,56,57)/t18-,24-,25-,26-,29-/m0/s1. The number of carboxylic acid groups (broad SMARTS) is 3. The van der Waals surface area contributed by atoms with Gasteiger partial charge in [0.05, 0.1) is 10.5 Å². The second-order valence-corrected chi connectivity index (χ2v) is 16.4. The van der Waals surface area contributed by atoms with Gasteiger partial charge in [-0.3, -0.25) is 47.9 Å². The van der Waals surface area contributed by atoms with E-state index >= 15 is 0 Å². The van der Waals surface area contributed by atoms with Crippen molar-refractivity contribution in [3.05, 3.63) is 59.2 Å². The Balaban J connectivity index is 2.57. The summed E-state index contributed by atoms with van der Waals surface area (Å²) in [5, 5.41) is 40.2. The smallest absolute Gasteiger partial charge is 0.481 e. The van der Waals surface area contributed by atoms with Crippen molar-refractivity contribution in [2.75, 3.05) is 12.3 Å². The van der Waals surface area contributed by atoms with Gasteiger partial charge in [0.2, 0.25) is 23.6 Å². The predicted octanol–water partition coefficient (Wildman–Crippen LogP) is -0.280. The van der Waals surface area contributed by atoms with Crippen molar-refractivity contribution in [1.29, 1.82) is 0 Å².